The fourth-order valence-electron chi connectivity index (χ4n) is 7.86. The van der Waals surface area contributed by atoms with Gasteiger partial charge in [-0.05, 0) is 85.8 Å². The quantitative estimate of drug-likeness (QED) is 0.829. The van der Waals surface area contributed by atoms with Crippen molar-refractivity contribution in [2.75, 3.05) is 0 Å². The number of carbonyl (C=O) groups excluding carboxylic acids is 2. The first-order chi connectivity index (χ1) is 12.5. The predicted octanol–water partition coefficient (Wildman–Crippen LogP) is 4.14. The Hall–Kier alpha value is -1.84. The van der Waals surface area contributed by atoms with E-state index in [1.54, 1.807) is 6.07 Å². The van der Waals surface area contributed by atoms with Crippen LogP contribution in [0.3, 0.4) is 0 Å². The van der Waals surface area contributed by atoms with Crippen LogP contribution in [0.5, 0.6) is 5.75 Å². The van der Waals surface area contributed by atoms with Crippen LogP contribution in [0.15, 0.2) is 12.1 Å². The maximum atomic E-state index is 11.5. The van der Waals surface area contributed by atoms with E-state index in [1.807, 2.05) is 6.07 Å². The number of aromatic hydroxyl groups is 1. The summed E-state index contributed by atoms with van der Waals surface area (Å²) in [6, 6.07) is 3.74. The van der Waals surface area contributed by atoms with Crippen molar-refractivity contribution >= 4 is 12.8 Å². The molecule has 0 saturated heterocycles. The van der Waals surface area contributed by atoms with Gasteiger partial charge in [0.15, 0.2) is 6.29 Å². The monoisotopic (exact) mass is 354 g/mol. The van der Waals surface area contributed by atoms with E-state index in [9.17, 15) is 14.7 Å². The Bertz CT molecular complexity index is 790. The van der Waals surface area contributed by atoms with Gasteiger partial charge < -0.3 is 9.84 Å². The second-order valence-electron chi connectivity index (χ2n) is 9.17. The molecule has 0 aliphatic heterocycles. The highest BCUT2D eigenvalue weighted by Crippen LogP contribution is 2.78. The smallest absolute Gasteiger partial charge is 0.293 e. The lowest BCUT2D eigenvalue weighted by atomic mass is 9.48. The number of carbonyl (C=O) groups is 2. The fraction of sp³-hybridized carbons (Fsp3) is 0.636. The standard InChI is InChI=1S/C22H26O4/c1-20-7-6-16-14-3-5-19(25)17(12-23)15(14)2-4-18(16)21(20)8-10-22(20,11-9-21)26-13-24/h3,5,12-13,16,18,25H,2,4,6-11H2,1H3/t16-,18-,20+,21?,22?/m1/s1. The van der Waals surface area contributed by atoms with E-state index in [4.69, 9.17) is 4.74 Å². The Kier molecular flexibility index (Phi) is 3.21. The van der Waals surface area contributed by atoms with E-state index in [-0.39, 0.29) is 22.2 Å². The first kappa shape index (κ1) is 16.3. The van der Waals surface area contributed by atoms with Gasteiger partial charge in [0, 0.05) is 5.41 Å². The molecule has 5 rings (SSSR count). The normalized spacial score (nSPS) is 42.5. The van der Waals surface area contributed by atoms with Crippen LogP contribution in [-0.4, -0.2) is 23.5 Å². The molecule has 26 heavy (non-hydrogen) atoms. The molecule has 0 spiro atoms. The number of benzene rings is 1. The summed E-state index contributed by atoms with van der Waals surface area (Å²) in [5.41, 5.74) is 2.89. The number of hydrogen-bond acceptors (Lipinski definition) is 4. The number of rotatable bonds is 3. The van der Waals surface area contributed by atoms with Gasteiger partial charge in [-0.25, -0.2) is 0 Å². The molecule has 4 heteroatoms. The molecule has 138 valence electrons. The minimum absolute atomic E-state index is 0.0734. The number of hydrogen-bond donors (Lipinski definition) is 1. The molecular weight excluding hydrogens is 328 g/mol. The summed E-state index contributed by atoms with van der Waals surface area (Å²) in [5.74, 6) is 1.14. The van der Waals surface area contributed by atoms with E-state index in [0.717, 1.165) is 63.2 Å². The van der Waals surface area contributed by atoms with E-state index in [2.05, 4.69) is 6.92 Å². The highest BCUT2D eigenvalue weighted by atomic mass is 16.5. The van der Waals surface area contributed by atoms with Crippen molar-refractivity contribution in [3.8, 4) is 5.75 Å². The first-order valence-electron chi connectivity index (χ1n) is 9.93. The zero-order valence-corrected chi connectivity index (χ0v) is 15.3. The van der Waals surface area contributed by atoms with E-state index >= 15 is 0 Å². The number of aldehydes is 1. The third-order valence-corrected chi connectivity index (χ3v) is 9.07. The molecule has 1 aromatic rings. The molecule has 3 fully saturated rings. The molecule has 0 radical (unpaired) electrons. The summed E-state index contributed by atoms with van der Waals surface area (Å²) in [6.45, 7) is 3.05. The molecule has 3 atom stereocenters. The molecule has 0 heterocycles. The van der Waals surface area contributed by atoms with Crippen LogP contribution in [-0.2, 0) is 16.0 Å². The molecule has 4 aliphatic rings. The summed E-state index contributed by atoms with van der Waals surface area (Å²) < 4.78 is 5.79. The molecular formula is C22H26O4. The Morgan fingerprint density at radius 1 is 1.12 bits per heavy atom. The third-order valence-electron chi connectivity index (χ3n) is 9.07. The maximum absolute atomic E-state index is 11.5. The van der Waals surface area contributed by atoms with Gasteiger partial charge in [-0.2, -0.15) is 0 Å². The highest BCUT2D eigenvalue weighted by Gasteiger charge is 2.75. The number of ether oxygens (including phenoxy) is 1. The topological polar surface area (TPSA) is 63.6 Å². The molecule has 4 nitrogen and oxygen atoms in total. The van der Waals surface area contributed by atoms with Crippen molar-refractivity contribution in [3.63, 3.8) is 0 Å². The van der Waals surface area contributed by atoms with Gasteiger partial charge in [-0.15, -0.1) is 0 Å². The van der Waals surface area contributed by atoms with Crippen molar-refractivity contribution in [1.29, 1.82) is 0 Å². The number of phenols is 1. The highest BCUT2D eigenvalue weighted by molar-refractivity contribution is 5.82. The first-order valence-corrected chi connectivity index (χ1v) is 9.93. The van der Waals surface area contributed by atoms with Crippen LogP contribution in [0.4, 0.5) is 0 Å². The number of fused-ring (bicyclic) bond motifs is 3. The molecule has 0 unspecified atom stereocenters. The molecule has 0 amide bonds. The van der Waals surface area contributed by atoms with Crippen molar-refractivity contribution < 1.29 is 19.4 Å². The second-order valence-corrected chi connectivity index (χ2v) is 9.17. The SMILES string of the molecule is C[C@]12CC[C@@H]3c4ccc(O)c(C=O)c4CC[C@H]3C13CCC2(OC=O)CC3. The van der Waals surface area contributed by atoms with Crippen LogP contribution in [0, 0.1) is 16.7 Å². The Labute approximate surface area is 153 Å². The summed E-state index contributed by atoms with van der Waals surface area (Å²) >= 11 is 0. The van der Waals surface area contributed by atoms with E-state index in [1.165, 1.54) is 5.56 Å². The fourth-order valence-corrected chi connectivity index (χ4v) is 7.86. The molecule has 1 N–H and O–H groups in total. The lowest BCUT2D eigenvalue weighted by Crippen LogP contribution is -2.52. The molecule has 0 aromatic heterocycles. The second kappa shape index (κ2) is 5.11. The molecule has 1 aromatic carbocycles. The average molecular weight is 354 g/mol. The zero-order chi connectivity index (χ0) is 18.2. The number of phenolic OH excluding ortho intramolecular Hbond substituents is 1. The Morgan fingerprint density at radius 3 is 2.58 bits per heavy atom. The Morgan fingerprint density at radius 2 is 1.88 bits per heavy atom. The van der Waals surface area contributed by atoms with Crippen LogP contribution >= 0.6 is 0 Å². The zero-order valence-electron chi connectivity index (χ0n) is 15.3. The van der Waals surface area contributed by atoms with Gasteiger partial charge >= 0.3 is 0 Å². The van der Waals surface area contributed by atoms with Gasteiger partial charge in [-0.3, -0.25) is 9.59 Å². The average Bonchev–Trinajstić information content (AvgIpc) is 3.05. The van der Waals surface area contributed by atoms with Crippen molar-refractivity contribution in [2.24, 2.45) is 16.7 Å². The minimum Gasteiger partial charge on any atom is -0.507 e. The van der Waals surface area contributed by atoms with Crippen molar-refractivity contribution in [3.05, 3.63) is 28.8 Å². The van der Waals surface area contributed by atoms with Gasteiger partial charge in [0.1, 0.15) is 11.4 Å². The largest absolute Gasteiger partial charge is 0.507 e. The summed E-state index contributed by atoms with van der Waals surface area (Å²) in [4.78, 5) is 22.8. The van der Waals surface area contributed by atoms with Crippen LogP contribution < -0.4 is 0 Å². The van der Waals surface area contributed by atoms with E-state index < -0.39 is 0 Å². The molecule has 4 aliphatic carbocycles. The summed E-state index contributed by atoms with van der Waals surface area (Å²) in [6.07, 6.45) is 9.16. The lowest BCUT2D eigenvalue weighted by Gasteiger charge is -2.57. The summed E-state index contributed by atoms with van der Waals surface area (Å²) in [5, 5.41) is 10.1. The van der Waals surface area contributed by atoms with Gasteiger partial charge in [0.2, 0.25) is 0 Å². The van der Waals surface area contributed by atoms with Gasteiger partial charge in [0.25, 0.3) is 6.47 Å². The van der Waals surface area contributed by atoms with Gasteiger partial charge in [-0.1, -0.05) is 13.0 Å². The molecule has 3 saturated carbocycles. The van der Waals surface area contributed by atoms with Crippen LogP contribution in [0.25, 0.3) is 0 Å². The minimum atomic E-state index is -0.261. The summed E-state index contributed by atoms with van der Waals surface area (Å²) in [7, 11) is 0. The maximum Gasteiger partial charge on any atom is 0.293 e. The molecule has 2 bridgehead atoms. The van der Waals surface area contributed by atoms with Crippen molar-refractivity contribution in [1.82, 2.24) is 0 Å². The van der Waals surface area contributed by atoms with E-state index in [0.29, 0.717) is 23.9 Å². The lowest BCUT2D eigenvalue weighted by molar-refractivity contribution is -0.161. The van der Waals surface area contributed by atoms with Crippen LogP contribution in [0.1, 0.15) is 79.3 Å². The van der Waals surface area contributed by atoms with Crippen LogP contribution in [0.2, 0.25) is 0 Å². The third kappa shape index (κ3) is 1.62. The predicted molar refractivity (Wildman–Crippen MR) is 96.2 cm³/mol. The van der Waals surface area contributed by atoms with Gasteiger partial charge in [0.05, 0.1) is 5.56 Å². The Balaban J connectivity index is 1.60. The van der Waals surface area contributed by atoms with Crippen molar-refractivity contribution in [2.45, 2.75) is 69.8 Å².